The number of nitrogens with zero attached hydrogens (tertiary/aromatic N) is 5. The molecule has 3 aromatic heterocycles. The zero-order chi connectivity index (χ0) is 25.6. The Hall–Kier alpha value is -3.31. The van der Waals surface area contributed by atoms with Crippen molar-refractivity contribution in [3.8, 4) is 11.3 Å². The Bertz CT molecular complexity index is 1400. The van der Waals surface area contributed by atoms with Crippen LogP contribution in [0.2, 0.25) is 0 Å². The van der Waals surface area contributed by atoms with E-state index in [0.29, 0.717) is 35.7 Å². The van der Waals surface area contributed by atoms with Crippen LogP contribution in [0, 0.1) is 5.92 Å². The van der Waals surface area contributed by atoms with Gasteiger partial charge in [-0.3, -0.25) is 5.10 Å². The summed E-state index contributed by atoms with van der Waals surface area (Å²) in [5, 5.41) is 19.6. The molecule has 2 aliphatic rings. The Balaban J connectivity index is 1.41. The molecule has 1 aromatic carbocycles. The van der Waals surface area contributed by atoms with Gasteiger partial charge in [0.15, 0.2) is 0 Å². The second-order valence-electron chi connectivity index (χ2n) is 9.98. The lowest BCUT2D eigenvalue weighted by Crippen LogP contribution is -2.29. The minimum absolute atomic E-state index is 0.0622. The predicted molar refractivity (Wildman–Crippen MR) is 131 cm³/mol. The van der Waals surface area contributed by atoms with E-state index in [0.717, 1.165) is 42.3 Å². The third-order valence-electron chi connectivity index (χ3n) is 7.57. The molecular formula is C26H28F3N7O. The molecule has 37 heavy (non-hydrogen) atoms. The monoisotopic (exact) mass is 511 g/mol. The lowest BCUT2D eigenvalue weighted by atomic mass is 9.72. The zero-order valence-electron chi connectivity index (χ0n) is 20.4. The first kappa shape index (κ1) is 24.1. The molecule has 1 aliphatic heterocycles. The number of pyridine rings is 1. The molecule has 8 nitrogen and oxygen atoms in total. The van der Waals surface area contributed by atoms with Crippen molar-refractivity contribution in [2.45, 2.75) is 50.4 Å². The molecular weight excluding hydrogens is 483 g/mol. The largest absolute Gasteiger partial charge is 0.433 e. The van der Waals surface area contributed by atoms with Gasteiger partial charge in [0, 0.05) is 43.1 Å². The van der Waals surface area contributed by atoms with E-state index >= 15 is 0 Å². The molecule has 1 saturated carbocycles. The number of benzene rings is 1. The Morgan fingerprint density at radius 3 is 2.76 bits per heavy atom. The molecule has 2 unspecified atom stereocenters. The standard InChI is InChI=1S/C26H28F3N7O/c1-36-14-31-35-25(36)22(15-4-2-5-15)16-6-3-7-17(10-16)23-19-11-21(26(27,28)29)32-20(24(19)34-33-23)12-30-18-8-9-37-13-18/h3,6-7,10-11,14-15,18,22,30H,2,4-5,8-9,12-13H2,1H3,(H,33,34). The third kappa shape index (κ3) is 4.61. The number of hydrogen-bond acceptors (Lipinski definition) is 6. The third-order valence-corrected chi connectivity index (χ3v) is 7.57. The number of rotatable bonds is 7. The highest BCUT2D eigenvalue weighted by Gasteiger charge is 2.35. The number of nitrogens with one attached hydrogen (secondary N) is 2. The highest BCUT2D eigenvalue weighted by molar-refractivity contribution is 5.94. The fourth-order valence-corrected chi connectivity index (χ4v) is 5.37. The van der Waals surface area contributed by atoms with Crippen molar-refractivity contribution in [3.63, 3.8) is 0 Å². The van der Waals surface area contributed by atoms with Crippen molar-refractivity contribution >= 4 is 10.9 Å². The van der Waals surface area contributed by atoms with Crippen molar-refractivity contribution in [2.75, 3.05) is 13.2 Å². The smallest absolute Gasteiger partial charge is 0.380 e. The maximum atomic E-state index is 13.8. The Morgan fingerprint density at radius 1 is 1.22 bits per heavy atom. The van der Waals surface area contributed by atoms with E-state index in [1.807, 2.05) is 29.8 Å². The Kier molecular flexibility index (Phi) is 6.20. The summed E-state index contributed by atoms with van der Waals surface area (Å²) in [7, 11) is 1.94. The highest BCUT2D eigenvalue weighted by Crippen LogP contribution is 2.43. The van der Waals surface area contributed by atoms with Gasteiger partial charge in [-0.2, -0.15) is 18.3 Å². The summed E-state index contributed by atoms with van der Waals surface area (Å²) in [5.41, 5.74) is 2.15. The quantitative estimate of drug-likeness (QED) is 0.377. The van der Waals surface area contributed by atoms with Crippen LogP contribution in [0.1, 0.15) is 54.4 Å². The summed E-state index contributed by atoms with van der Waals surface area (Å²) < 4.78 is 48.8. The van der Waals surface area contributed by atoms with Crippen molar-refractivity contribution in [1.29, 1.82) is 0 Å². The van der Waals surface area contributed by atoms with Gasteiger partial charge in [-0.1, -0.05) is 24.6 Å². The van der Waals surface area contributed by atoms with Crippen molar-refractivity contribution in [3.05, 3.63) is 59.4 Å². The number of aromatic nitrogens is 6. The zero-order valence-corrected chi connectivity index (χ0v) is 20.4. The maximum absolute atomic E-state index is 13.8. The van der Waals surface area contributed by atoms with Gasteiger partial charge in [0.1, 0.15) is 23.5 Å². The van der Waals surface area contributed by atoms with E-state index in [2.05, 4.69) is 36.8 Å². The van der Waals surface area contributed by atoms with Crippen LogP contribution in [0.3, 0.4) is 0 Å². The Morgan fingerprint density at radius 2 is 2.08 bits per heavy atom. The number of halogens is 3. The first-order valence-electron chi connectivity index (χ1n) is 12.6. The molecule has 6 rings (SSSR count). The molecule has 0 radical (unpaired) electrons. The second kappa shape index (κ2) is 9.53. The molecule has 2 fully saturated rings. The minimum atomic E-state index is -4.57. The summed E-state index contributed by atoms with van der Waals surface area (Å²) >= 11 is 0. The SMILES string of the molecule is Cn1cnnc1C(c1cccc(-c2n[nH]c3c(CNC4CCOC4)nc(C(F)(F)F)cc23)c1)C1CCC1. The number of hydrogen-bond donors (Lipinski definition) is 2. The predicted octanol–water partition coefficient (Wildman–Crippen LogP) is 4.58. The molecule has 0 spiro atoms. The fraction of sp³-hybridized carbons (Fsp3) is 0.462. The second-order valence-corrected chi connectivity index (χ2v) is 9.98. The van der Waals surface area contributed by atoms with Crippen LogP contribution >= 0.6 is 0 Å². The van der Waals surface area contributed by atoms with Gasteiger partial charge < -0.3 is 14.6 Å². The van der Waals surface area contributed by atoms with Gasteiger partial charge in [-0.15, -0.1) is 10.2 Å². The van der Waals surface area contributed by atoms with Crippen molar-refractivity contribution in [1.82, 2.24) is 35.3 Å². The summed E-state index contributed by atoms with van der Waals surface area (Å²) in [5.74, 6) is 1.40. The number of fused-ring (bicyclic) bond motifs is 1. The van der Waals surface area contributed by atoms with Crippen molar-refractivity contribution < 1.29 is 17.9 Å². The molecule has 1 saturated heterocycles. The average Bonchev–Trinajstić information content (AvgIpc) is 3.60. The number of ether oxygens (including phenoxy) is 1. The highest BCUT2D eigenvalue weighted by atomic mass is 19.4. The van der Waals surface area contributed by atoms with Crippen LogP contribution in [-0.4, -0.2) is 49.2 Å². The molecule has 11 heteroatoms. The molecule has 1 aliphatic carbocycles. The normalized spacial score (nSPS) is 19.4. The van der Waals surface area contributed by atoms with Crippen LogP contribution in [0.15, 0.2) is 36.7 Å². The van der Waals surface area contributed by atoms with E-state index in [9.17, 15) is 13.2 Å². The van der Waals surface area contributed by atoms with Crippen LogP contribution < -0.4 is 5.32 Å². The van der Waals surface area contributed by atoms with E-state index in [-0.39, 0.29) is 24.2 Å². The molecule has 4 aromatic rings. The molecule has 0 bridgehead atoms. The van der Waals surface area contributed by atoms with Gasteiger partial charge in [0.25, 0.3) is 0 Å². The van der Waals surface area contributed by atoms with Crippen LogP contribution in [0.4, 0.5) is 13.2 Å². The Labute approximate surface area is 211 Å². The van der Waals surface area contributed by atoms with Crippen molar-refractivity contribution in [2.24, 2.45) is 13.0 Å². The molecule has 194 valence electrons. The van der Waals surface area contributed by atoms with Gasteiger partial charge in [0.2, 0.25) is 0 Å². The summed E-state index contributed by atoms with van der Waals surface area (Å²) in [4.78, 5) is 3.95. The van der Waals surface area contributed by atoms with E-state index < -0.39 is 11.9 Å². The molecule has 2 N–H and O–H groups in total. The number of aromatic amines is 1. The molecule has 4 heterocycles. The van der Waals surface area contributed by atoms with Gasteiger partial charge in [0.05, 0.1) is 17.8 Å². The average molecular weight is 512 g/mol. The summed E-state index contributed by atoms with van der Waals surface area (Å²) in [6.07, 6.45) is 1.34. The number of H-pyrrole nitrogens is 1. The topological polar surface area (TPSA) is 93.5 Å². The number of alkyl halides is 3. The van der Waals surface area contributed by atoms with E-state index in [1.165, 1.54) is 6.42 Å². The lowest BCUT2D eigenvalue weighted by Gasteiger charge is -2.33. The first-order chi connectivity index (χ1) is 17.9. The van der Waals surface area contributed by atoms with E-state index in [4.69, 9.17) is 4.74 Å². The van der Waals surface area contributed by atoms with Gasteiger partial charge in [-0.05, 0) is 42.9 Å². The summed E-state index contributed by atoms with van der Waals surface area (Å²) in [6, 6.07) is 9.08. The minimum Gasteiger partial charge on any atom is -0.380 e. The van der Waals surface area contributed by atoms with Gasteiger partial charge in [-0.25, -0.2) is 4.98 Å². The van der Waals surface area contributed by atoms with Gasteiger partial charge >= 0.3 is 6.18 Å². The van der Waals surface area contributed by atoms with Crippen LogP contribution in [0.5, 0.6) is 0 Å². The maximum Gasteiger partial charge on any atom is 0.433 e. The van der Waals surface area contributed by atoms with Crippen LogP contribution in [-0.2, 0) is 24.5 Å². The van der Waals surface area contributed by atoms with E-state index in [1.54, 1.807) is 6.33 Å². The fourth-order valence-electron chi connectivity index (χ4n) is 5.37. The summed E-state index contributed by atoms with van der Waals surface area (Å²) in [6.45, 7) is 1.37. The molecule has 0 amide bonds. The molecule has 2 atom stereocenters. The number of aryl methyl sites for hydroxylation is 1. The lowest BCUT2D eigenvalue weighted by molar-refractivity contribution is -0.141. The first-order valence-corrected chi connectivity index (χ1v) is 12.6. The van der Waals surface area contributed by atoms with Crippen LogP contribution in [0.25, 0.3) is 22.2 Å².